The van der Waals surface area contributed by atoms with Gasteiger partial charge in [-0.05, 0) is 22.0 Å². The van der Waals surface area contributed by atoms with E-state index in [2.05, 4.69) is 15.9 Å². The van der Waals surface area contributed by atoms with Gasteiger partial charge in [0.25, 0.3) is 5.91 Å². The predicted octanol–water partition coefficient (Wildman–Crippen LogP) is 1.08. The molecule has 0 atom stereocenters. The van der Waals surface area contributed by atoms with Gasteiger partial charge in [-0.3, -0.25) is 4.79 Å². The summed E-state index contributed by atoms with van der Waals surface area (Å²) in [5, 5.41) is 0. The van der Waals surface area contributed by atoms with Crippen LogP contribution in [0.25, 0.3) is 0 Å². The van der Waals surface area contributed by atoms with Gasteiger partial charge in [-0.25, -0.2) is 0 Å². The van der Waals surface area contributed by atoms with Gasteiger partial charge in [0.05, 0.1) is 15.8 Å². The molecule has 1 aromatic rings. The molecule has 0 radical (unpaired) electrons. The van der Waals surface area contributed by atoms with Gasteiger partial charge in [-0.1, -0.05) is 0 Å². The first-order chi connectivity index (χ1) is 7.41. The third-order valence-electron chi connectivity index (χ3n) is 1.99. The van der Waals surface area contributed by atoms with Gasteiger partial charge in [0.15, 0.2) is 6.61 Å². The number of nitrogen functional groups attached to an aromatic ring is 2. The lowest BCUT2D eigenvalue weighted by Gasteiger charge is -2.13. The molecule has 5 nitrogen and oxygen atoms in total. The van der Waals surface area contributed by atoms with E-state index in [0.29, 0.717) is 21.6 Å². The third kappa shape index (κ3) is 3.03. The fourth-order valence-electron chi connectivity index (χ4n) is 0.964. The second kappa shape index (κ2) is 5.07. The molecule has 0 saturated heterocycles. The van der Waals surface area contributed by atoms with E-state index in [-0.39, 0.29) is 12.5 Å². The van der Waals surface area contributed by atoms with Gasteiger partial charge in [0.2, 0.25) is 0 Å². The number of ether oxygens (including phenoxy) is 1. The number of halogens is 1. The molecule has 88 valence electrons. The summed E-state index contributed by atoms with van der Waals surface area (Å²) in [5.41, 5.74) is 12.1. The van der Waals surface area contributed by atoms with Gasteiger partial charge >= 0.3 is 0 Å². The van der Waals surface area contributed by atoms with Crippen LogP contribution in [0.15, 0.2) is 16.6 Å². The number of nitrogens with zero attached hydrogens (tertiary/aromatic N) is 1. The Kier molecular flexibility index (Phi) is 4.00. The minimum Gasteiger partial charge on any atom is -0.483 e. The standard InChI is InChI=1S/C10H14BrN3O2/c1-14(2)10(15)5-16-9-4-8(13)7(12)3-6(9)11/h3-4H,5,12-13H2,1-2H3. The molecule has 0 bridgehead atoms. The van der Waals surface area contributed by atoms with Crippen LogP contribution in [-0.4, -0.2) is 31.5 Å². The maximum Gasteiger partial charge on any atom is 0.259 e. The summed E-state index contributed by atoms with van der Waals surface area (Å²) in [4.78, 5) is 12.8. The van der Waals surface area contributed by atoms with Crippen molar-refractivity contribution in [2.45, 2.75) is 0 Å². The van der Waals surface area contributed by atoms with Gasteiger partial charge in [-0.2, -0.15) is 0 Å². The maximum atomic E-state index is 11.3. The Morgan fingerprint density at radius 1 is 1.38 bits per heavy atom. The second-order valence-electron chi connectivity index (χ2n) is 3.49. The van der Waals surface area contributed by atoms with Crippen molar-refractivity contribution < 1.29 is 9.53 Å². The fourth-order valence-corrected chi connectivity index (χ4v) is 1.44. The van der Waals surface area contributed by atoms with Gasteiger partial charge < -0.3 is 21.1 Å². The number of likely N-dealkylation sites (N-methyl/N-ethyl adjacent to an activating group) is 1. The number of carbonyl (C=O) groups excluding carboxylic acids is 1. The van der Waals surface area contributed by atoms with Crippen LogP contribution in [0.1, 0.15) is 0 Å². The van der Waals surface area contributed by atoms with E-state index in [4.69, 9.17) is 16.2 Å². The fraction of sp³-hybridized carbons (Fsp3) is 0.300. The Labute approximate surface area is 102 Å². The average Bonchev–Trinajstić information content (AvgIpc) is 2.20. The Hall–Kier alpha value is -1.43. The normalized spacial score (nSPS) is 9.94. The largest absolute Gasteiger partial charge is 0.483 e. The van der Waals surface area contributed by atoms with Crippen LogP contribution in [0, 0.1) is 0 Å². The van der Waals surface area contributed by atoms with Crippen molar-refractivity contribution in [3.05, 3.63) is 16.6 Å². The number of hydrogen-bond donors (Lipinski definition) is 2. The van der Waals surface area contributed by atoms with Crippen LogP contribution in [-0.2, 0) is 4.79 Å². The van der Waals surface area contributed by atoms with Crippen molar-refractivity contribution in [1.29, 1.82) is 0 Å². The number of rotatable bonds is 3. The van der Waals surface area contributed by atoms with Crippen LogP contribution in [0.5, 0.6) is 5.75 Å². The van der Waals surface area contributed by atoms with Crippen molar-refractivity contribution >= 4 is 33.2 Å². The Balaban J connectivity index is 2.75. The SMILES string of the molecule is CN(C)C(=O)COc1cc(N)c(N)cc1Br. The molecule has 0 aliphatic rings. The van der Waals surface area contributed by atoms with Crippen molar-refractivity contribution in [3.63, 3.8) is 0 Å². The van der Waals surface area contributed by atoms with Gasteiger partial charge in [0, 0.05) is 20.2 Å². The molecule has 0 spiro atoms. The summed E-state index contributed by atoms with van der Waals surface area (Å²) in [6.45, 7) is -0.0328. The Morgan fingerprint density at radius 2 is 1.94 bits per heavy atom. The number of carbonyl (C=O) groups is 1. The lowest BCUT2D eigenvalue weighted by atomic mass is 10.2. The summed E-state index contributed by atoms with van der Waals surface area (Å²) in [6.07, 6.45) is 0. The van der Waals surface area contributed by atoms with Gasteiger partial charge in [0.1, 0.15) is 5.75 Å². The highest BCUT2D eigenvalue weighted by Crippen LogP contribution is 2.31. The van der Waals surface area contributed by atoms with Crippen molar-refractivity contribution in [1.82, 2.24) is 4.90 Å². The molecule has 0 aliphatic carbocycles. The van der Waals surface area contributed by atoms with E-state index >= 15 is 0 Å². The summed E-state index contributed by atoms with van der Waals surface area (Å²) in [5.74, 6) is 0.379. The van der Waals surface area contributed by atoms with E-state index in [1.54, 1.807) is 26.2 Å². The highest BCUT2D eigenvalue weighted by Gasteiger charge is 2.09. The van der Waals surface area contributed by atoms with Crippen molar-refractivity contribution in [2.75, 3.05) is 32.2 Å². The van der Waals surface area contributed by atoms with Crippen molar-refractivity contribution in [3.8, 4) is 5.75 Å². The van der Waals surface area contributed by atoms with E-state index in [1.165, 1.54) is 4.90 Å². The minimum atomic E-state index is -0.123. The lowest BCUT2D eigenvalue weighted by molar-refractivity contribution is -0.130. The molecule has 1 aromatic carbocycles. The molecular formula is C10H14BrN3O2. The molecule has 0 saturated carbocycles. The smallest absolute Gasteiger partial charge is 0.259 e. The molecular weight excluding hydrogens is 274 g/mol. The first kappa shape index (κ1) is 12.6. The molecule has 0 heterocycles. The van der Waals surface area contributed by atoms with Gasteiger partial charge in [-0.15, -0.1) is 0 Å². The molecule has 16 heavy (non-hydrogen) atoms. The highest BCUT2D eigenvalue weighted by molar-refractivity contribution is 9.10. The van der Waals surface area contributed by atoms with Crippen LogP contribution in [0.3, 0.4) is 0 Å². The topological polar surface area (TPSA) is 81.6 Å². The lowest BCUT2D eigenvalue weighted by Crippen LogP contribution is -2.27. The maximum absolute atomic E-state index is 11.3. The predicted molar refractivity (Wildman–Crippen MR) is 67.2 cm³/mol. The van der Waals surface area contributed by atoms with E-state index in [9.17, 15) is 4.79 Å². The quantitative estimate of drug-likeness (QED) is 0.815. The zero-order valence-electron chi connectivity index (χ0n) is 9.16. The first-order valence-electron chi connectivity index (χ1n) is 4.59. The van der Waals surface area contributed by atoms with E-state index < -0.39 is 0 Å². The molecule has 6 heteroatoms. The Morgan fingerprint density at radius 3 is 2.50 bits per heavy atom. The van der Waals surface area contributed by atoms with Crippen molar-refractivity contribution in [2.24, 2.45) is 0 Å². The zero-order valence-corrected chi connectivity index (χ0v) is 10.7. The van der Waals surface area contributed by atoms with E-state index in [1.807, 2.05) is 0 Å². The van der Waals surface area contributed by atoms with Crippen LogP contribution < -0.4 is 16.2 Å². The number of nitrogens with two attached hydrogens (primary N) is 2. The second-order valence-corrected chi connectivity index (χ2v) is 4.34. The average molecular weight is 288 g/mol. The van der Waals surface area contributed by atoms with Crippen LogP contribution >= 0.6 is 15.9 Å². The Bertz CT molecular complexity index is 407. The molecule has 0 aliphatic heterocycles. The minimum absolute atomic E-state index is 0.0328. The van der Waals surface area contributed by atoms with Crippen LogP contribution in [0.4, 0.5) is 11.4 Å². The number of hydrogen-bond acceptors (Lipinski definition) is 4. The first-order valence-corrected chi connectivity index (χ1v) is 5.38. The molecule has 4 N–H and O–H groups in total. The summed E-state index contributed by atoms with van der Waals surface area (Å²) in [6, 6.07) is 3.23. The molecule has 1 amide bonds. The third-order valence-corrected chi connectivity index (χ3v) is 2.61. The molecule has 1 rings (SSSR count). The number of amides is 1. The molecule has 0 unspecified atom stereocenters. The molecule has 0 fully saturated rings. The highest BCUT2D eigenvalue weighted by atomic mass is 79.9. The van der Waals surface area contributed by atoms with E-state index in [0.717, 1.165) is 0 Å². The zero-order chi connectivity index (χ0) is 12.3. The summed E-state index contributed by atoms with van der Waals surface area (Å²) < 4.78 is 5.99. The number of benzene rings is 1. The van der Waals surface area contributed by atoms with Crippen LogP contribution in [0.2, 0.25) is 0 Å². The molecule has 0 aromatic heterocycles. The summed E-state index contributed by atoms with van der Waals surface area (Å²) >= 11 is 3.28. The number of anilines is 2. The monoisotopic (exact) mass is 287 g/mol. The summed E-state index contributed by atoms with van der Waals surface area (Å²) in [7, 11) is 3.33.